The molecule has 7 heteroatoms. The van der Waals surface area contributed by atoms with Crippen LogP contribution in [0.25, 0.3) is 0 Å². The first-order valence-electron chi connectivity index (χ1n) is 9.78. The highest BCUT2D eigenvalue weighted by Crippen LogP contribution is 2.40. The molecule has 0 saturated heterocycles. The van der Waals surface area contributed by atoms with Gasteiger partial charge in [0.15, 0.2) is 0 Å². The van der Waals surface area contributed by atoms with Crippen molar-refractivity contribution in [3.05, 3.63) is 80.8 Å². The quantitative estimate of drug-likeness (QED) is 0.618. The summed E-state index contributed by atoms with van der Waals surface area (Å²) >= 11 is 1.63. The van der Waals surface area contributed by atoms with Gasteiger partial charge in [0.25, 0.3) is 5.91 Å². The van der Waals surface area contributed by atoms with Crippen molar-refractivity contribution in [3.63, 3.8) is 0 Å². The van der Waals surface area contributed by atoms with Crippen LogP contribution in [0.5, 0.6) is 0 Å². The average Bonchev–Trinajstić information content (AvgIpc) is 3.20. The van der Waals surface area contributed by atoms with Crippen LogP contribution in [-0.4, -0.2) is 24.5 Å². The number of hydrogen-bond donors (Lipinski definition) is 0. The number of carbonyl (C=O) groups excluding carboxylic acids is 1. The van der Waals surface area contributed by atoms with Crippen molar-refractivity contribution in [2.45, 2.75) is 32.0 Å². The van der Waals surface area contributed by atoms with Crippen LogP contribution in [0.1, 0.15) is 41.0 Å². The summed E-state index contributed by atoms with van der Waals surface area (Å²) in [6.07, 6.45) is 0.637. The van der Waals surface area contributed by atoms with Crippen molar-refractivity contribution >= 4 is 17.2 Å². The van der Waals surface area contributed by atoms with Gasteiger partial charge in [0.2, 0.25) is 0 Å². The Morgan fingerprint density at radius 1 is 1.17 bits per heavy atom. The number of halogens is 3. The Morgan fingerprint density at radius 3 is 2.53 bits per heavy atom. The van der Waals surface area contributed by atoms with E-state index in [4.69, 9.17) is 4.74 Å². The summed E-state index contributed by atoms with van der Waals surface area (Å²) in [6.45, 7) is 2.52. The van der Waals surface area contributed by atoms with E-state index in [0.29, 0.717) is 24.1 Å². The van der Waals surface area contributed by atoms with E-state index >= 15 is 0 Å². The Bertz CT molecular complexity index is 1000. The molecular formula is C23H22F3NO2S. The minimum atomic E-state index is -4.39. The van der Waals surface area contributed by atoms with Crippen LogP contribution < -0.4 is 0 Å². The minimum Gasteiger partial charge on any atom is -0.501 e. The van der Waals surface area contributed by atoms with Gasteiger partial charge in [-0.2, -0.15) is 13.2 Å². The maximum Gasteiger partial charge on any atom is 0.416 e. The lowest BCUT2D eigenvalue weighted by Gasteiger charge is -2.38. The number of alkyl halides is 3. The van der Waals surface area contributed by atoms with Gasteiger partial charge in [0, 0.05) is 23.4 Å². The summed E-state index contributed by atoms with van der Waals surface area (Å²) in [4.78, 5) is 16.5. The molecular weight excluding hydrogens is 411 g/mol. The Balaban J connectivity index is 1.71. The Morgan fingerprint density at radius 2 is 1.90 bits per heavy atom. The van der Waals surface area contributed by atoms with Gasteiger partial charge in [-0.15, -0.1) is 11.3 Å². The fraction of sp³-hybridized carbons (Fsp3) is 0.348. The summed E-state index contributed by atoms with van der Waals surface area (Å²) in [5, 5.41) is 1.98. The topological polar surface area (TPSA) is 29.5 Å². The van der Waals surface area contributed by atoms with Crippen molar-refractivity contribution in [2.24, 2.45) is 5.92 Å². The summed E-state index contributed by atoms with van der Waals surface area (Å²) in [6, 6.07) is 6.74. The Kier molecular flexibility index (Phi) is 5.49. The highest BCUT2D eigenvalue weighted by atomic mass is 32.1. The van der Waals surface area contributed by atoms with Gasteiger partial charge < -0.3 is 9.64 Å². The molecule has 1 aromatic heterocycles. The highest BCUT2D eigenvalue weighted by Gasteiger charge is 2.36. The molecule has 158 valence electrons. The fourth-order valence-corrected chi connectivity index (χ4v) is 5.08. The molecule has 0 radical (unpaired) electrons. The van der Waals surface area contributed by atoms with E-state index in [1.807, 2.05) is 30.5 Å². The van der Waals surface area contributed by atoms with E-state index in [1.54, 1.807) is 23.3 Å². The first kappa shape index (κ1) is 20.7. The standard InChI is InChI=1S/C23H22F3NO2S/c1-14-13-17(29-2)7-8-18(14)22(28)27-11-9-20-19(10-12-30-20)21(27)15-3-5-16(6-4-15)23(24,25)26/h3-8,10,12,14,21H,9,11,13H2,1-2H3. The van der Waals surface area contributed by atoms with Gasteiger partial charge in [-0.05, 0) is 59.2 Å². The van der Waals surface area contributed by atoms with Gasteiger partial charge in [-0.3, -0.25) is 4.79 Å². The molecule has 2 unspecified atom stereocenters. The fourth-order valence-electron chi connectivity index (χ4n) is 4.18. The Labute approximate surface area is 177 Å². The average molecular weight is 433 g/mol. The molecule has 2 aromatic rings. The first-order chi connectivity index (χ1) is 14.3. The number of rotatable bonds is 3. The molecule has 0 bridgehead atoms. The molecule has 1 aliphatic heterocycles. The third-order valence-corrected chi connectivity index (χ3v) is 6.77. The zero-order valence-electron chi connectivity index (χ0n) is 16.7. The molecule has 1 amide bonds. The third-order valence-electron chi connectivity index (χ3n) is 5.78. The second kappa shape index (κ2) is 7.95. The molecule has 0 N–H and O–H groups in total. The molecule has 0 fully saturated rings. The minimum absolute atomic E-state index is 0.00887. The predicted molar refractivity (Wildman–Crippen MR) is 110 cm³/mol. The number of thiophene rings is 1. The number of ether oxygens (including phenoxy) is 1. The summed E-state index contributed by atoms with van der Waals surface area (Å²) in [5.41, 5.74) is 1.70. The highest BCUT2D eigenvalue weighted by molar-refractivity contribution is 7.10. The smallest absolute Gasteiger partial charge is 0.416 e. The van der Waals surface area contributed by atoms with E-state index in [1.165, 1.54) is 17.0 Å². The number of methoxy groups -OCH3 is 1. The van der Waals surface area contributed by atoms with Gasteiger partial charge in [0.05, 0.1) is 24.5 Å². The van der Waals surface area contributed by atoms with E-state index in [9.17, 15) is 18.0 Å². The molecule has 0 spiro atoms. The number of carbonyl (C=O) groups is 1. The first-order valence-corrected chi connectivity index (χ1v) is 10.7. The zero-order valence-corrected chi connectivity index (χ0v) is 17.5. The largest absolute Gasteiger partial charge is 0.501 e. The van der Waals surface area contributed by atoms with Crippen LogP contribution in [0, 0.1) is 5.92 Å². The molecule has 2 atom stereocenters. The Hall–Kier alpha value is -2.54. The normalized spacial score (nSPS) is 21.6. The SMILES string of the molecule is COC1=CC=C(C(=O)N2CCc3sccc3C2c2ccc(C(F)(F)F)cc2)C(C)C1. The van der Waals surface area contributed by atoms with E-state index in [2.05, 4.69) is 0 Å². The molecule has 2 heterocycles. The molecule has 2 aliphatic rings. The summed E-state index contributed by atoms with van der Waals surface area (Å²) in [7, 11) is 1.61. The number of fused-ring (bicyclic) bond motifs is 1. The number of nitrogens with zero attached hydrogens (tertiary/aromatic N) is 1. The monoisotopic (exact) mass is 433 g/mol. The van der Waals surface area contributed by atoms with E-state index < -0.39 is 17.8 Å². The van der Waals surface area contributed by atoms with Crippen LogP contribution in [-0.2, 0) is 22.1 Å². The van der Waals surface area contributed by atoms with Crippen molar-refractivity contribution in [2.75, 3.05) is 13.7 Å². The molecule has 0 saturated carbocycles. The zero-order chi connectivity index (χ0) is 21.5. The second-order valence-corrected chi connectivity index (χ2v) is 8.63. The van der Waals surface area contributed by atoms with Crippen LogP contribution in [0.2, 0.25) is 0 Å². The van der Waals surface area contributed by atoms with Crippen LogP contribution in [0.3, 0.4) is 0 Å². The van der Waals surface area contributed by atoms with Crippen LogP contribution in [0.15, 0.2) is 59.2 Å². The molecule has 4 rings (SSSR count). The van der Waals surface area contributed by atoms with Gasteiger partial charge in [0.1, 0.15) is 0 Å². The molecule has 3 nitrogen and oxygen atoms in total. The van der Waals surface area contributed by atoms with E-state index in [0.717, 1.165) is 29.9 Å². The number of amides is 1. The van der Waals surface area contributed by atoms with Gasteiger partial charge in [-0.1, -0.05) is 19.1 Å². The summed E-state index contributed by atoms with van der Waals surface area (Å²) in [5.74, 6) is 0.766. The maximum absolute atomic E-state index is 13.5. The lowest BCUT2D eigenvalue weighted by atomic mass is 9.88. The van der Waals surface area contributed by atoms with Crippen LogP contribution in [0.4, 0.5) is 13.2 Å². The third kappa shape index (κ3) is 3.78. The van der Waals surface area contributed by atoms with Gasteiger partial charge in [-0.25, -0.2) is 0 Å². The molecule has 1 aromatic carbocycles. The second-order valence-electron chi connectivity index (χ2n) is 7.63. The van der Waals surface area contributed by atoms with Crippen molar-refractivity contribution in [1.29, 1.82) is 0 Å². The predicted octanol–water partition coefficient (Wildman–Crippen LogP) is 5.74. The number of benzene rings is 1. The van der Waals surface area contributed by atoms with Crippen molar-refractivity contribution in [1.82, 2.24) is 4.90 Å². The van der Waals surface area contributed by atoms with Crippen molar-refractivity contribution < 1.29 is 22.7 Å². The van der Waals surface area contributed by atoms with Gasteiger partial charge >= 0.3 is 6.18 Å². The lowest BCUT2D eigenvalue weighted by Crippen LogP contribution is -2.42. The molecule has 30 heavy (non-hydrogen) atoms. The van der Waals surface area contributed by atoms with E-state index in [-0.39, 0.29) is 11.8 Å². The summed E-state index contributed by atoms with van der Waals surface area (Å²) < 4.78 is 44.4. The molecule has 1 aliphatic carbocycles. The maximum atomic E-state index is 13.5. The lowest BCUT2D eigenvalue weighted by molar-refractivity contribution is -0.137. The number of hydrogen-bond acceptors (Lipinski definition) is 3. The van der Waals surface area contributed by atoms with Crippen molar-refractivity contribution in [3.8, 4) is 0 Å². The number of allylic oxidation sites excluding steroid dienone is 3. The van der Waals surface area contributed by atoms with Crippen LogP contribution >= 0.6 is 11.3 Å².